The molecule has 2 rings (SSSR count). The third-order valence-corrected chi connectivity index (χ3v) is 3.45. The molecule has 0 bridgehead atoms. The van der Waals surface area contributed by atoms with Crippen molar-refractivity contribution in [3.05, 3.63) is 62.3 Å². The minimum Gasteiger partial charge on any atom is -0.387 e. The molecule has 0 radical (unpaired) electrons. The van der Waals surface area contributed by atoms with Crippen LogP contribution in [-0.4, -0.2) is 10.0 Å². The summed E-state index contributed by atoms with van der Waals surface area (Å²) in [6.07, 6.45) is -0.423. The first-order valence-electron chi connectivity index (χ1n) is 5.12. The number of rotatable bonds is 4. The molecule has 1 unspecified atom stereocenters. The van der Waals surface area contributed by atoms with E-state index in [1.54, 1.807) is 18.2 Å². The van der Waals surface area contributed by atoms with Crippen LogP contribution in [0.2, 0.25) is 0 Å². The van der Waals surface area contributed by atoms with Gasteiger partial charge in [-0.2, -0.15) is 0 Å². The van der Waals surface area contributed by atoms with Crippen molar-refractivity contribution < 1.29 is 10.0 Å². The van der Waals surface area contributed by atoms with Gasteiger partial charge in [0.2, 0.25) is 0 Å². The van der Waals surface area contributed by atoms with Gasteiger partial charge in [-0.25, -0.2) is 0 Å². The lowest BCUT2D eigenvalue weighted by Gasteiger charge is -2.08. The second-order valence-corrected chi connectivity index (χ2v) is 4.60. The summed E-state index contributed by atoms with van der Waals surface area (Å²) < 4.78 is 0. The van der Waals surface area contributed by atoms with Crippen LogP contribution >= 0.6 is 11.3 Å². The van der Waals surface area contributed by atoms with Gasteiger partial charge >= 0.3 is 0 Å². The number of thiophene rings is 1. The normalized spacial score (nSPS) is 12.3. The number of hydrogen-bond acceptors (Lipinski definition) is 4. The summed E-state index contributed by atoms with van der Waals surface area (Å²) in [6, 6.07) is 10.2. The summed E-state index contributed by atoms with van der Waals surface area (Å²) in [5.74, 6) is 0. The smallest absolute Gasteiger partial charge is 0.272 e. The monoisotopic (exact) mass is 249 g/mol. The molecule has 0 spiro atoms. The SMILES string of the molecule is O=[N+]([O-])c1ccccc1CC(O)c1cccs1. The third-order valence-electron chi connectivity index (χ3n) is 2.47. The fraction of sp³-hybridized carbons (Fsp3) is 0.167. The summed E-state index contributed by atoms with van der Waals surface area (Å²) in [5.41, 5.74) is 0.613. The highest BCUT2D eigenvalue weighted by molar-refractivity contribution is 7.10. The summed E-state index contributed by atoms with van der Waals surface area (Å²) >= 11 is 1.44. The topological polar surface area (TPSA) is 63.4 Å². The molecule has 88 valence electrons. The van der Waals surface area contributed by atoms with Crippen molar-refractivity contribution in [2.24, 2.45) is 0 Å². The molecule has 1 heterocycles. The summed E-state index contributed by atoms with van der Waals surface area (Å²) in [5, 5.41) is 22.6. The van der Waals surface area contributed by atoms with Gasteiger partial charge in [0.25, 0.3) is 5.69 Å². The van der Waals surface area contributed by atoms with Crippen LogP contribution in [0, 0.1) is 10.1 Å². The minimum atomic E-state index is -0.684. The standard InChI is InChI=1S/C12H11NO3S/c14-11(12-6-3-7-17-12)8-9-4-1-2-5-10(9)13(15)16/h1-7,11,14H,8H2. The Morgan fingerprint density at radius 1 is 1.29 bits per heavy atom. The Kier molecular flexibility index (Phi) is 3.51. The average Bonchev–Trinajstić information content (AvgIpc) is 2.83. The zero-order valence-electron chi connectivity index (χ0n) is 8.95. The molecule has 1 aromatic carbocycles. The maximum Gasteiger partial charge on any atom is 0.272 e. The van der Waals surface area contributed by atoms with Gasteiger partial charge in [-0.05, 0) is 11.4 Å². The van der Waals surface area contributed by atoms with Gasteiger partial charge < -0.3 is 5.11 Å². The summed E-state index contributed by atoms with van der Waals surface area (Å²) in [6.45, 7) is 0. The van der Waals surface area contributed by atoms with Crippen molar-refractivity contribution in [1.82, 2.24) is 0 Å². The molecule has 0 aliphatic rings. The highest BCUT2D eigenvalue weighted by atomic mass is 32.1. The number of nitro benzene ring substituents is 1. The van der Waals surface area contributed by atoms with Crippen molar-refractivity contribution >= 4 is 17.0 Å². The zero-order chi connectivity index (χ0) is 12.3. The van der Waals surface area contributed by atoms with E-state index in [0.29, 0.717) is 5.56 Å². The Morgan fingerprint density at radius 2 is 2.06 bits per heavy atom. The van der Waals surface area contributed by atoms with Gasteiger partial charge in [-0.1, -0.05) is 24.3 Å². The maximum atomic E-state index is 10.8. The quantitative estimate of drug-likeness (QED) is 0.669. The molecule has 5 heteroatoms. The van der Waals surface area contributed by atoms with E-state index < -0.39 is 11.0 Å². The van der Waals surface area contributed by atoms with E-state index >= 15 is 0 Å². The van der Waals surface area contributed by atoms with E-state index in [0.717, 1.165) is 4.88 Å². The molecule has 0 fully saturated rings. The predicted octanol–water partition coefficient (Wildman–Crippen LogP) is 2.93. The van der Waals surface area contributed by atoms with Crippen LogP contribution in [0.5, 0.6) is 0 Å². The third kappa shape index (κ3) is 2.69. The fourth-order valence-electron chi connectivity index (χ4n) is 1.65. The number of para-hydroxylation sites is 1. The van der Waals surface area contributed by atoms with Gasteiger partial charge in [0.15, 0.2) is 0 Å². The Morgan fingerprint density at radius 3 is 2.71 bits per heavy atom. The number of nitrogens with zero attached hydrogens (tertiary/aromatic N) is 1. The van der Waals surface area contributed by atoms with Gasteiger partial charge in [0, 0.05) is 22.9 Å². The zero-order valence-corrected chi connectivity index (χ0v) is 9.76. The van der Waals surface area contributed by atoms with Crippen LogP contribution in [0.25, 0.3) is 0 Å². The molecule has 0 amide bonds. The van der Waals surface area contributed by atoms with Crippen LogP contribution in [0.3, 0.4) is 0 Å². The summed E-state index contributed by atoms with van der Waals surface area (Å²) in [7, 11) is 0. The van der Waals surface area contributed by atoms with Crippen molar-refractivity contribution in [2.45, 2.75) is 12.5 Å². The van der Waals surface area contributed by atoms with E-state index in [4.69, 9.17) is 0 Å². The van der Waals surface area contributed by atoms with Crippen molar-refractivity contribution in [1.29, 1.82) is 0 Å². The molecule has 1 aromatic heterocycles. The number of nitro groups is 1. The molecule has 4 nitrogen and oxygen atoms in total. The van der Waals surface area contributed by atoms with E-state index in [2.05, 4.69) is 0 Å². The van der Waals surface area contributed by atoms with Gasteiger partial charge in [0.1, 0.15) is 0 Å². The number of aliphatic hydroxyl groups is 1. The number of benzene rings is 1. The largest absolute Gasteiger partial charge is 0.387 e. The molecule has 17 heavy (non-hydrogen) atoms. The van der Waals surface area contributed by atoms with Crippen molar-refractivity contribution in [3.63, 3.8) is 0 Å². The van der Waals surface area contributed by atoms with E-state index in [1.807, 2.05) is 17.5 Å². The Labute approximate surface area is 102 Å². The molecule has 0 saturated heterocycles. The van der Waals surface area contributed by atoms with Crippen molar-refractivity contribution in [3.8, 4) is 0 Å². The molecule has 2 aromatic rings. The lowest BCUT2D eigenvalue weighted by atomic mass is 10.1. The van der Waals surface area contributed by atoms with E-state index in [-0.39, 0.29) is 12.1 Å². The molecule has 0 saturated carbocycles. The van der Waals surface area contributed by atoms with Gasteiger partial charge in [0.05, 0.1) is 11.0 Å². The first kappa shape index (κ1) is 11.8. The Hall–Kier alpha value is -1.72. The van der Waals surface area contributed by atoms with Crippen LogP contribution < -0.4 is 0 Å². The van der Waals surface area contributed by atoms with Crippen LogP contribution in [0.1, 0.15) is 16.5 Å². The predicted molar refractivity (Wildman–Crippen MR) is 66.1 cm³/mol. The molecule has 0 aliphatic carbocycles. The molecule has 0 aliphatic heterocycles. The highest BCUT2D eigenvalue weighted by Crippen LogP contribution is 2.26. The molecule has 1 atom stereocenters. The Bertz CT molecular complexity index is 510. The van der Waals surface area contributed by atoms with E-state index in [1.165, 1.54) is 17.4 Å². The maximum absolute atomic E-state index is 10.8. The minimum absolute atomic E-state index is 0.0584. The highest BCUT2D eigenvalue weighted by Gasteiger charge is 2.17. The first-order valence-corrected chi connectivity index (χ1v) is 6.00. The first-order chi connectivity index (χ1) is 8.18. The fourth-order valence-corrected chi connectivity index (χ4v) is 2.36. The number of hydrogen-bond donors (Lipinski definition) is 1. The number of aliphatic hydroxyl groups excluding tert-OH is 1. The van der Waals surface area contributed by atoms with Crippen LogP contribution in [0.4, 0.5) is 5.69 Å². The Balaban J connectivity index is 2.21. The lowest BCUT2D eigenvalue weighted by Crippen LogP contribution is -2.02. The molecular formula is C12H11NO3S. The van der Waals surface area contributed by atoms with Gasteiger partial charge in [-0.3, -0.25) is 10.1 Å². The lowest BCUT2D eigenvalue weighted by molar-refractivity contribution is -0.385. The van der Waals surface area contributed by atoms with E-state index in [9.17, 15) is 15.2 Å². The summed E-state index contributed by atoms with van der Waals surface area (Å²) in [4.78, 5) is 11.2. The molecule has 1 N–H and O–H groups in total. The average molecular weight is 249 g/mol. The van der Waals surface area contributed by atoms with Crippen LogP contribution in [-0.2, 0) is 6.42 Å². The van der Waals surface area contributed by atoms with Crippen LogP contribution in [0.15, 0.2) is 41.8 Å². The second-order valence-electron chi connectivity index (χ2n) is 3.62. The second kappa shape index (κ2) is 5.07. The molecular weight excluding hydrogens is 238 g/mol. The van der Waals surface area contributed by atoms with Gasteiger partial charge in [-0.15, -0.1) is 11.3 Å². The van der Waals surface area contributed by atoms with Crippen molar-refractivity contribution in [2.75, 3.05) is 0 Å².